The summed E-state index contributed by atoms with van der Waals surface area (Å²) in [5.74, 6) is -1.82. The Labute approximate surface area is 140 Å². The maximum absolute atomic E-state index is 12.4. The summed E-state index contributed by atoms with van der Waals surface area (Å²) in [7, 11) is 0. The Morgan fingerprint density at radius 3 is 2.58 bits per heavy atom. The lowest BCUT2D eigenvalue weighted by molar-refractivity contribution is -0.176. The van der Waals surface area contributed by atoms with Gasteiger partial charge in [-0.05, 0) is 62.7 Å². The van der Waals surface area contributed by atoms with Crippen LogP contribution < -0.4 is 0 Å². The highest BCUT2D eigenvalue weighted by Crippen LogP contribution is 2.74. The van der Waals surface area contributed by atoms with Gasteiger partial charge in [0.05, 0.1) is 11.5 Å². The highest BCUT2D eigenvalue weighted by molar-refractivity contribution is 5.91. The van der Waals surface area contributed by atoms with Crippen molar-refractivity contribution >= 4 is 18.0 Å². The number of rotatable bonds is 2. The van der Waals surface area contributed by atoms with E-state index in [0.717, 1.165) is 6.29 Å². The number of carbonyl (C=O) groups excluding carboxylic acids is 2. The average molecular weight is 336 g/mol. The number of aliphatic carboxylic acids is 1. The average Bonchev–Trinajstić information content (AvgIpc) is 2.91. The lowest BCUT2D eigenvalue weighted by Crippen LogP contribution is -2.56. The Morgan fingerprint density at radius 2 is 1.96 bits per heavy atom. The van der Waals surface area contributed by atoms with Crippen molar-refractivity contribution in [2.24, 2.45) is 28.1 Å². The zero-order valence-electron chi connectivity index (χ0n) is 13.8. The van der Waals surface area contributed by atoms with Gasteiger partial charge in [0.1, 0.15) is 11.9 Å². The quantitative estimate of drug-likeness (QED) is 0.647. The third-order valence-electron chi connectivity index (χ3n) is 8.12. The number of fused-ring (bicyclic) bond motifs is 3. The van der Waals surface area contributed by atoms with E-state index in [4.69, 9.17) is 0 Å². The molecular weight excluding hydrogens is 312 g/mol. The van der Waals surface area contributed by atoms with Crippen LogP contribution in [-0.4, -0.2) is 45.1 Å². The molecule has 0 aromatic rings. The summed E-state index contributed by atoms with van der Waals surface area (Å²) in [4.78, 5) is 36.6. The van der Waals surface area contributed by atoms with Crippen LogP contribution >= 0.6 is 0 Å². The van der Waals surface area contributed by atoms with E-state index in [2.05, 4.69) is 0 Å². The molecule has 4 aliphatic carbocycles. The molecule has 0 aliphatic heterocycles. The molecule has 3 N–H and O–H groups in total. The van der Waals surface area contributed by atoms with Crippen LogP contribution in [0, 0.1) is 28.1 Å². The minimum absolute atomic E-state index is 0.0783. The standard InChI is InChI=1S/C18H24O6/c1-15(14(22)23)11-6-16-7-13(21)18(24,8-16)5-2-10(16)17(11,9-19)4-3-12(15)20/h9-12,20,24H,2-8H2,1H3,(H,22,23). The Bertz CT molecular complexity index is 645. The number of aldehydes is 1. The van der Waals surface area contributed by atoms with Crippen molar-refractivity contribution in [1.82, 2.24) is 0 Å². The van der Waals surface area contributed by atoms with Gasteiger partial charge < -0.3 is 20.1 Å². The molecule has 4 rings (SSSR count). The van der Waals surface area contributed by atoms with E-state index < -0.39 is 39.8 Å². The molecule has 7 atom stereocenters. The minimum atomic E-state index is -1.39. The van der Waals surface area contributed by atoms with Crippen LogP contribution in [-0.2, 0) is 14.4 Å². The number of carboxylic acids is 1. The molecular formula is C18H24O6. The first kappa shape index (κ1) is 16.2. The molecule has 1 spiro atoms. The fourth-order valence-electron chi connectivity index (χ4n) is 6.91. The zero-order valence-corrected chi connectivity index (χ0v) is 13.8. The maximum atomic E-state index is 12.4. The van der Waals surface area contributed by atoms with Crippen LogP contribution in [0.2, 0.25) is 0 Å². The minimum Gasteiger partial charge on any atom is -0.481 e. The summed E-state index contributed by atoms with van der Waals surface area (Å²) in [5.41, 5.74) is -3.99. The maximum Gasteiger partial charge on any atom is 0.312 e. The summed E-state index contributed by atoms with van der Waals surface area (Å²) in [6, 6.07) is 0. The number of hydrogen-bond donors (Lipinski definition) is 3. The molecule has 6 heteroatoms. The summed E-state index contributed by atoms with van der Waals surface area (Å²) in [6.07, 6.45) is 2.57. The van der Waals surface area contributed by atoms with E-state index >= 15 is 0 Å². The molecule has 0 radical (unpaired) electrons. The highest BCUT2D eigenvalue weighted by Gasteiger charge is 2.75. The van der Waals surface area contributed by atoms with Gasteiger partial charge in [0.2, 0.25) is 0 Å². The van der Waals surface area contributed by atoms with Gasteiger partial charge in [-0.25, -0.2) is 0 Å². The van der Waals surface area contributed by atoms with Crippen molar-refractivity contribution in [2.45, 2.75) is 63.6 Å². The zero-order chi connectivity index (χ0) is 17.5. The number of Topliss-reactive ketones (excluding diaryl/α,β-unsaturated/α-hetero) is 1. The topological polar surface area (TPSA) is 112 Å². The van der Waals surface area contributed by atoms with Crippen molar-refractivity contribution < 1.29 is 29.7 Å². The van der Waals surface area contributed by atoms with Crippen LogP contribution in [0.4, 0.5) is 0 Å². The number of carboxylic acid groups (broad SMARTS) is 1. The largest absolute Gasteiger partial charge is 0.481 e. The SMILES string of the molecule is CC1(C(=O)O)C(O)CCC2(C=O)C3CCC4(O)CC3(CC4=O)CC21. The monoisotopic (exact) mass is 336 g/mol. The molecule has 4 saturated carbocycles. The molecule has 4 aliphatic rings. The Kier molecular flexibility index (Phi) is 3.02. The van der Waals surface area contributed by atoms with Crippen LogP contribution in [0.5, 0.6) is 0 Å². The smallest absolute Gasteiger partial charge is 0.312 e. The second-order valence-electron chi connectivity index (χ2n) is 8.89. The van der Waals surface area contributed by atoms with E-state index in [0.29, 0.717) is 32.1 Å². The normalized spacial score (nSPS) is 55.8. The van der Waals surface area contributed by atoms with E-state index in [1.54, 1.807) is 6.92 Å². The molecule has 0 aromatic heterocycles. The molecule has 132 valence electrons. The van der Waals surface area contributed by atoms with E-state index in [1.165, 1.54) is 0 Å². The second kappa shape index (κ2) is 4.47. The lowest BCUT2D eigenvalue weighted by atomic mass is 9.52. The highest BCUT2D eigenvalue weighted by atomic mass is 16.4. The third-order valence-corrected chi connectivity index (χ3v) is 8.12. The van der Waals surface area contributed by atoms with Crippen molar-refractivity contribution in [2.75, 3.05) is 0 Å². The van der Waals surface area contributed by atoms with Crippen molar-refractivity contribution in [3.8, 4) is 0 Å². The van der Waals surface area contributed by atoms with E-state index in [1.807, 2.05) is 0 Å². The Morgan fingerprint density at radius 1 is 1.25 bits per heavy atom. The lowest BCUT2D eigenvalue weighted by Gasteiger charge is -2.51. The fraction of sp³-hybridized carbons (Fsp3) is 0.833. The Hall–Kier alpha value is -1.27. The molecule has 7 unspecified atom stereocenters. The molecule has 0 saturated heterocycles. The van der Waals surface area contributed by atoms with Crippen LogP contribution in [0.15, 0.2) is 0 Å². The molecule has 4 fully saturated rings. The van der Waals surface area contributed by atoms with E-state index in [-0.39, 0.29) is 24.5 Å². The van der Waals surface area contributed by atoms with Crippen molar-refractivity contribution in [3.63, 3.8) is 0 Å². The van der Waals surface area contributed by atoms with Gasteiger partial charge in [-0.3, -0.25) is 9.59 Å². The van der Waals surface area contributed by atoms with Gasteiger partial charge in [-0.1, -0.05) is 0 Å². The summed E-state index contributed by atoms with van der Waals surface area (Å²) >= 11 is 0. The number of carbonyl (C=O) groups is 3. The van der Waals surface area contributed by atoms with Gasteiger partial charge in [-0.2, -0.15) is 0 Å². The predicted molar refractivity (Wildman–Crippen MR) is 81.9 cm³/mol. The third kappa shape index (κ3) is 1.57. The molecule has 2 bridgehead atoms. The van der Waals surface area contributed by atoms with Crippen molar-refractivity contribution in [3.05, 3.63) is 0 Å². The summed E-state index contributed by atoms with van der Waals surface area (Å²) in [5, 5.41) is 30.9. The van der Waals surface area contributed by atoms with Gasteiger partial charge in [-0.15, -0.1) is 0 Å². The molecule has 6 nitrogen and oxygen atoms in total. The van der Waals surface area contributed by atoms with E-state index in [9.17, 15) is 29.7 Å². The van der Waals surface area contributed by atoms with Gasteiger partial charge >= 0.3 is 5.97 Å². The van der Waals surface area contributed by atoms with Gasteiger partial charge in [0, 0.05) is 11.8 Å². The first-order valence-electron chi connectivity index (χ1n) is 8.78. The van der Waals surface area contributed by atoms with Crippen LogP contribution in [0.3, 0.4) is 0 Å². The number of hydrogen-bond acceptors (Lipinski definition) is 5. The van der Waals surface area contributed by atoms with Crippen LogP contribution in [0.25, 0.3) is 0 Å². The number of aliphatic hydroxyl groups is 2. The first-order chi connectivity index (χ1) is 11.1. The molecule has 0 aromatic carbocycles. The second-order valence-corrected chi connectivity index (χ2v) is 8.89. The summed E-state index contributed by atoms with van der Waals surface area (Å²) in [6.45, 7) is 1.54. The molecule has 0 heterocycles. The molecule has 24 heavy (non-hydrogen) atoms. The number of ketones is 1. The number of aliphatic hydroxyl groups excluding tert-OH is 1. The molecule has 0 amide bonds. The Balaban J connectivity index is 1.86. The predicted octanol–water partition coefficient (Wildman–Crippen LogP) is 0.928. The first-order valence-corrected chi connectivity index (χ1v) is 8.78. The summed E-state index contributed by atoms with van der Waals surface area (Å²) < 4.78 is 0. The fourth-order valence-corrected chi connectivity index (χ4v) is 6.91. The van der Waals surface area contributed by atoms with Crippen molar-refractivity contribution in [1.29, 1.82) is 0 Å². The van der Waals surface area contributed by atoms with Gasteiger partial charge in [0.15, 0.2) is 5.78 Å². The van der Waals surface area contributed by atoms with Crippen LogP contribution in [0.1, 0.15) is 51.9 Å². The van der Waals surface area contributed by atoms with Gasteiger partial charge in [0.25, 0.3) is 0 Å².